The number of amides is 2. The van der Waals surface area contributed by atoms with Crippen LogP contribution in [-0.2, 0) is 25.6 Å². The first-order valence-corrected chi connectivity index (χ1v) is 12.1. The van der Waals surface area contributed by atoms with Crippen LogP contribution < -0.4 is 11.1 Å². The van der Waals surface area contributed by atoms with Gasteiger partial charge in [0.2, 0.25) is 11.7 Å². The lowest BCUT2D eigenvalue weighted by Gasteiger charge is -2.46. The Labute approximate surface area is 222 Å². The second kappa shape index (κ2) is 9.15. The Bertz CT molecular complexity index is 1610. The summed E-state index contributed by atoms with van der Waals surface area (Å²) in [6.07, 6.45) is -0.187. The van der Waals surface area contributed by atoms with Gasteiger partial charge in [0.1, 0.15) is 22.8 Å². The molecule has 0 saturated heterocycles. The highest BCUT2D eigenvalue weighted by Crippen LogP contribution is 2.52. The summed E-state index contributed by atoms with van der Waals surface area (Å²) in [6, 6.07) is 9.76. The van der Waals surface area contributed by atoms with E-state index in [9.17, 15) is 39.6 Å². The molecule has 5 rings (SSSR count). The number of phenols is 1. The molecular weight excluding hydrogens is 504 g/mol. The second-order valence-electron chi connectivity index (χ2n) is 9.90. The lowest BCUT2D eigenvalue weighted by molar-refractivity contribution is -0.147. The van der Waals surface area contributed by atoms with Crippen molar-refractivity contribution in [2.24, 2.45) is 17.6 Å². The van der Waals surface area contributed by atoms with Gasteiger partial charge < -0.3 is 31.5 Å². The van der Waals surface area contributed by atoms with Crippen molar-refractivity contribution < 1.29 is 39.6 Å². The third kappa shape index (κ3) is 4.04. The van der Waals surface area contributed by atoms with Gasteiger partial charge in [0.15, 0.2) is 11.4 Å². The molecule has 0 heterocycles. The number of aliphatic hydroxyl groups is 3. The van der Waals surface area contributed by atoms with E-state index in [0.29, 0.717) is 22.4 Å². The number of Topliss-reactive ketones (excluding diaryl/α,β-unsaturated/α-hetero) is 2. The predicted molar refractivity (Wildman–Crippen MR) is 138 cm³/mol. The number of nitrogens with one attached hydrogen (secondary N) is 1. The molecule has 7 N–H and O–H groups in total. The summed E-state index contributed by atoms with van der Waals surface area (Å²) in [7, 11) is 0. The van der Waals surface area contributed by atoms with Crippen molar-refractivity contribution in [3.05, 3.63) is 75.6 Å². The smallest absolute Gasteiger partial charge is 0.255 e. The van der Waals surface area contributed by atoms with Gasteiger partial charge >= 0.3 is 0 Å². The minimum atomic E-state index is -2.61. The number of aromatic hydroxyl groups is 1. The minimum absolute atomic E-state index is 0.0186. The first kappa shape index (κ1) is 25.8. The Morgan fingerprint density at radius 3 is 2.36 bits per heavy atom. The SMILES string of the molecule is CC(=O)Nc1ccc(C#Cc2ccc(O)c3c2C[C@H]2C[C@H]4CC(=O)C(C(N)=O)=C(O)[C@@]4(O)C(=O)C2=C3O)cc1. The standard InChI is InChI=1S/C29H24N2O8/c1-13(32)31-18-7-3-14(4-8-18)2-5-15-6-9-20(33)23-19(15)11-16-10-17-12-21(34)24(28(30)38)27(37)29(17,39)26(36)22(16)25(23)35/h3-4,6-9,16-17,33,35,37,39H,10-12H2,1H3,(H2,30,38)(H,31,32)/t16-,17+,29+/m1/s1. The van der Waals surface area contributed by atoms with Gasteiger partial charge in [-0.3, -0.25) is 19.2 Å². The monoisotopic (exact) mass is 528 g/mol. The van der Waals surface area contributed by atoms with Crippen LogP contribution in [0.3, 0.4) is 0 Å². The molecule has 0 radical (unpaired) electrons. The van der Waals surface area contributed by atoms with Crippen LogP contribution in [0.25, 0.3) is 5.76 Å². The Hall–Kier alpha value is -4.88. The van der Waals surface area contributed by atoms with E-state index >= 15 is 0 Å². The quantitative estimate of drug-likeness (QED) is 0.251. The molecule has 0 spiro atoms. The maximum absolute atomic E-state index is 13.6. The average Bonchev–Trinajstić information content (AvgIpc) is 2.86. The number of hydrogen-bond acceptors (Lipinski definition) is 8. The van der Waals surface area contributed by atoms with Gasteiger partial charge in [0.25, 0.3) is 5.91 Å². The summed E-state index contributed by atoms with van der Waals surface area (Å²) in [5, 5.41) is 46.4. The number of rotatable bonds is 2. The van der Waals surface area contributed by atoms with Crippen molar-refractivity contribution in [3.8, 4) is 17.6 Å². The zero-order valence-corrected chi connectivity index (χ0v) is 20.7. The number of nitrogens with two attached hydrogens (primary N) is 1. The Morgan fingerprint density at radius 1 is 1.03 bits per heavy atom. The van der Waals surface area contributed by atoms with E-state index in [1.165, 1.54) is 13.0 Å². The number of hydrogen-bond donors (Lipinski definition) is 6. The van der Waals surface area contributed by atoms with E-state index in [-0.39, 0.29) is 42.1 Å². The molecule has 3 aliphatic rings. The predicted octanol–water partition coefficient (Wildman–Crippen LogP) is 1.78. The van der Waals surface area contributed by atoms with Crippen LogP contribution in [0.1, 0.15) is 42.0 Å². The van der Waals surface area contributed by atoms with Crippen LogP contribution in [-0.4, -0.2) is 49.4 Å². The van der Waals surface area contributed by atoms with Gasteiger partial charge in [-0.05, 0) is 60.7 Å². The van der Waals surface area contributed by atoms with E-state index in [1.54, 1.807) is 30.3 Å². The summed E-state index contributed by atoms with van der Waals surface area (Å²) in [4.78, 5) is 49.0. The van der Waals surface area contributed by atoms with Crippen molar-refractivity contribution in [2.45, 2.75) is 31.8 Å². The van der Waals surface area contributed by atoms with E-state index in [4.69, 9.17) is 5.73 Å². The summed E-state index contributed by atoms with van der Waals surface area (Å²) in [5.74, 6) is -0.930. The summed E-state index contributed by atoms with van der Waals surface area (Å²) in [6.45, 7) is 1.40. The molecule has 10 nitrogen and oxygen atoms in total. The zero-order valence-electron chi connectivity index (χ0n) is 20.7. The number of ketones is 2. The Morgan fingerprint density at radius 2 is 1.72 bits per heavy atom. The fourth-order valence-electron chi connectivity index (χ4n) is 5.72. The second-order valence-corrected chi connectivity index (χ2v) is 9.90. The van der Waals surface area contributed by atoms with E-state index in [0.717, 1.165) is 0 Å². The highest BCUT2D eigenvalue weighted by Gasteiger charge is 2.60. The number of carbonyl (C=O) groups is 4. The third-order valence-corrected chi connectivity index (χ3v) is 7.49. The molecule has 39 heavy (non-hydrogen) atoms. The van der Waals surface area contributed by atoms with Gasteiger partial charge in [-0.2, -0.15) is 0 Å². The molecule has 0 bridgehead atoms. The van der Waals surface area contributed by atoms with Crippen molar-refractivity contribution >= 4 is 34.8 Å². The number of anilines is 1. The van der Waals surface area contributed by atoms with Crippen molar-refractivity contribution in [1.82, 2.24) is 0 Å². The van der Waals surface area contributed by atoms with Gasteiger partial charge in [0, 0.05) is 41.6 Å². The molecule has 2 aromatic carbocycles. The number of aliphatic hydroxyl groups excluding tert-OH is 2. The van der Waals surface area contributed by atoms with E-state index in [1.807, 2.05) is 0 Å². The largest absolute Gasteiger partial charge is 0.508 e. The van der Waals surface area contributed by atoms with Gasteiger partial charge in [-0.15, -0.1) is 0 Å². The fourth-order valence-corrected chi connectivity index (χ4v) is 5.72. The minimum Gasteiger partial charge on any atom is -0.508 e. The van der Waals surface area contributed by atoms with Crippen LogP contribution in [0.4, 0.5) is 5.69 Å². The molecule has 2 amide bonds. The number of primary amides is 1. The van der Waals surface area contributed by atoms with Crippen LogP contribution in [0, 0.1) is 23.7 Å². The molecule has 198 valence electrons. The lowest BCUT2D eigenvalue weighted by atomic mass is 9.59. The first-order chi connectivity index (χ1) is 18.4. The number of fused-ring (bicyclic) bond motifs is 3. The normalized spacial score (nSPS) is 23.7. The van der Waals surface area contributed by atoms with Gasteiger partial charge in [0.05, 0.1) is 5.56 Å². The van der Waals surface area contributed by atoms with E-state index in [2.05, 4.69) is 17.2 Å². The summed E-state index contributed by atoms with van der Waals surface area (Å²) >= 11 is 0. The number of benzene rings is 2. The highest BCUT2D eigenvalue weighted by atomic mass is 16.3. The van der Waals surface area contributed by atoms with Crippen molar-refractivity contribution in [2.75, 3.05) is 5.32 Å². The molecule has 3 aliphatic carbocycles. The lowest BCUT2D eigenvalue weighted by Crippen LogP contribution is -2.58. The maximum atomic E-state index is 13.6. The van der Waals surface area contributed by atoms with Crippen LogP contribution in [0.5, 0.6) is 5.75 Å². The summed E-state index contributed by atoms with van der Waals surface area (Å²) in [5.41, 5.74) is 3.78. The Kier molecular flexibility index (Phi) is 6.04. The molecule has 1 saturated carbocycles. The highest BCUT2D eigenvalue weighted by molar-refractivity contribution is 6.22. The summed E-state index contributed by atoms with van der Waals surface area (Å²) < 4.78 is 0. The van der Waals surface area contributed by atoms with Crippen molar-refractivity contribution in [3.63, 3.8) is 0 Å². The average molecular weight is 529 g/mol. The molecule has 3 atom stereocenters. The number of carbonyl (C=O) groups excluding carboxylic acids is 4. The maximum Gasteiger partial charge on any atom is 0.255 e. The van der Waals surface area contributed by atoms with Crippen LogP contribution in [0.15, 0.2) is 53.3 Å². The molecule has 1 fully saturated rings. The number of phenolic OH excluding ortho intramolecular Hbond substituents is 1. The molecule has 2 aromatic rings. The van der Waals surface area contributed by atoms with Gasteiger partial charge in [-0.25, -0.2) is 0 Å². The fraction of sp³-hybridized carbons (Fsp3) is 0.241. The van der Waals surface area contributed by atoms with E-state index < -0.39 is 52.0 Å². The van der Waals surface area contributed by atoms with Crippen LogP contribution >= 0.6 is 0 Å². The van der Waals surface area contributed by atoms with Gasteiger partial charge in [-0.1, -0.05) is 11.8 Å². The molecule has 0 aromatic heterocycles. The van der Waals surface area contributed by atoms with Crippen molar-refractivity contribution in [1.29, 1.82) is 0 Å². The Balaban J connectivity index is 1.57. The molecule has 10 heteroatoms. The topological polar surface area (TPSA) is 187 Å². The third-order valence-electron chi connectivity index (χ3n) is 7.49. The molecule has 0 aliphatic heterocycles. The first-order valence-electron chi connectivity index (χ1n) is 12.1. The zero-order chi connectivity index (χ0) is 28.2. The molecule has 0 unspecified atom stereocenters. The van der Waals surface area contributed by atoms with Crippen LogP contribution in [0.2, 0.25) is 0 Å². The molecular formula is C29H24N2O8.